The van der Waals surface area contributed by atoms with E-state index in [0.717, 1.165) is 17.8 Å². The van der Waals surface area contributed by atoms with E-state index in [-0.39, 0.29) is 11.4 Å². The molecule has 0 atom stereocenters. The van der Waals surface area contributed by atoms with Gasteiger partial charge in [0.25, 0.3) is 0 Å². The van der Waals surface area contributed by atoms with Crippen LogP contribution in [0, 0.1) is 6.92 Å². The van der Waals surface area contributed by atoms with E-state index in [0.29, 0.717) is 11.8 Å². The molecule has 0 saturated heterocycles. The molecule has 0 bridgehead atoms. The Labute approximate surface area is 147 Å². The van der Waals surface area contributed by atoms with E-state index in [1.165, 1.54) is 28.7 Å². The highest BCUT2D eigenvalue weighted by atomic mass is 32.2. The van der Waals surface area contributed by atoms with Crippen LogP contribution in [0.2, 0.25) is 0 Å². The molecule has 0 unspecified atom stereocenters. The molecule has 6 nitrogen and oxygen atoms in total. The molecule has 0 saturated carbocycles. The number of aromatic nitrogens is 4. The third kappa shape index (κ3) is 3.36. The number of nitrogens with zero attached hydrogens (tertiary/aromatic N) is 4. The lowest BCUT2D eigenvalue weighted by Gasteiger charge is -2.13. The van der Waals surface area contributed by atoms with Gasteiger partial charge in [0.05, 0.1) is 40.0 Å². The molecule has 1 aromatic carbocycles. The van der Waals surface area contributed by atoms with Gasteiger partial charge in [0.1, 0.15) is 5.69 Å². The van der Waals surface area contributed by atoms with Crippen molar-refractivity contribution >= 4 is 9.84 Å². The molecule has 138 valence electrons. The van der Waals surface area contributed by atoms with Crippen molar-refractivity contribution < 1.29 is 21.6 Å². The van der Waals surface area contributed by atoms with E-state index in [9.17, 15) is 21.6 Å². The van der Waals surface area contributed by atoms with Crippen LogP contribution < -0.4 is 0 Å². The fraction of sp³-hybridized carbons (Fsp3) is 0.250. The second kappa shape index (κ2) is 6.27. The molecule has 0 radical (unpaired) electrons. The van der Waals surface area contributed by atoms with Crippen LogP contribution in [0.4, 0.5) is 13.2 Å². The van der Waals surface area contributed by atoms with Crippen LogP contribution in [0.1, 0.15) is 18.2 Å². The highest BCUT2D eigenvalue weighted by molar-refractivity contribution is 7.91. The largest absolute Gasteiger partial charge is 0.416 e. The van der Waals surface area contributed by atoms with Crippen molar-refractivity contribution in [3.63, 3.8) is 0 Å². The quantitative estimate of drug-likeness (QED) is 0.693. The third-order valence-corrected chi connectivity index (χ3v) is 5.56. The van der Waals surface area contributed by atoms with Gasteiger partial charge in [-0.3, -0.25) is 0 Å². The van der Waals surface area contributed by atoms with Gasteiger partial charge < -0.3 is 0 Å². The van der Waals surface area contributed by atoms with Crippen LogP contribution in [0.15, 0.2) is 47.8 Å². The Balaban J connectivity index is 2.14. The molecular formula is C16H15F3N4O2S. The molecule has 3 rings (SSSR count). The first kappa shape index (κ1) is 18.2. The number of alkyl halides is 3. The predicted molar refractivity (Wildman–Crippen MR) is 88.2 cm³/mol. The number of rotatable bonds is 4. The van der Waals surface area contributed by atoms with Crippen LogP contribution in [-0.2, 0) is 16.0 Å². The summed E-state index contributed by atoms with van der Waals surface area (Å²) < 4.78 is 66.4. The minimum Gasteiger partial charge on any atom is -0.238 e. The van der Waals surface area contributed by atoms with E-state index in [2.05, 4.69) is 10.2 Å². The average molecular weight is 384 g/mol. The molecule has 0 aliphatic heterocycles. The maximum atomic E-state index is 13.0. The Morgan fingerprint density at radius 2 is 1.88 bits per heavy atom. The van der Waals surface area contributed by atoms with E-state index in [1.807, 2.05) is 6.92 Å². The van der Waals surface area contributed by atoms with Gasteiger partial charge in [-0.1, -0.05) is 6.92 Å². The number of benzene rings is 1. The Hall–Kier alpha value is -2.62. The molecule has 0 aliphatic carbocycles. The van der Waals surface area contributed by atoms with Crippen molar-refractivity contribution in [3.05, 3.63) is 54.1 Å². The van der Waals surface area contributed by atoms with E-state index >= 15 is 0 Å². The van der Waals surface area contributed by atoms with Crippen LogP contribution in [0.5, 0.6) is 0 Å². The zero-order valence-electron chi connectivity index (χ0n) is 13.9. The van der Waals surface area contributed by atoms with Crippen molar-refractivity contribution in [3.8, 4) is 11.4 Å². The highest BCUT2D eigenvalue weighted by Crippen LogP contribution is 2.33. The second-order valence-corrected chi connectivity index (χ2v) is 7.88. The summed E-state index contributed by atoms with van der Waals surface area (Å²) in [7, 11) is -3.89. The lowest BCUT2D eigenvalue weighted by atomic mass is 10.2. The normalized spacial score (nSPS) is 12.5. The van der Waals surface area contributed by atoms with Crippen LogP contribution in [-0.4, -0.2) is 33.7 Å². The van der Waals surface area contributed by atoms with Crippen molar-refractivity contribution in [1.82, 2.24) is 19.6 Å². The summed E-state index contributed by atoms with van der Waals surface area (Å²) in [5.41, 5.74) is 0.359. The summed E-state index contributed by atoms with van der Waals surface area (Å²) in [6.07, 6.45) is 0.0156. The second-order valence-electron chi connectivity index (χ2n) is 5.63. The summed E-state index contributed by atoms with van der Waals surface area (Å²) in [5, 5.41) is 8.30. The molecule has 26 heavy (non-hydrogen) atoms. The minimum absolute atomic E-state index is 0.0509. The standard InChI is InChI=1S/C16H15F3N4O2S/c1-3-26(24,25)15-8-12(16(17,18)19)4-5-14(15)23-10-13(9-20-23)22-7-6-11(2)21-22/h4-10H,3H2,1-2H3. The summed E-state index contributed by atoms with van der Waals surface area (Å²) in [6.45, 7) is 3.18. The molecule has 0 aliphatic rings. The average Bonchev–Trinajstić information content (AvgIpc) is 3.22. The maximum absolute atomic E-state index is 13.0. The fourth-order valence-corrected chi connectivity index (χ4v) is 3.50. The fourth-order valence-electron chi connectivity index (χ4n) is 2.41. The Morgan fingerprint density at radius 3 is 2.46 bits per heavy atom. The SMILES string of the molecule is CCS(=O)(=O)c1cc(C(F)(F)F)ccc1-n1cc(-n2ccc(C)n2)cn1. The first-order valence-electron chi connectivity index (χ1n) is 7.63. The topological polar surface area (TPSA) is 69.8 Å². The molecule has 0 fully saturated rings. The number of aryl methyl sites for hydroxylation is 1. The Morgan fingerprint density at radius 1 is 1.15 bits per heavy atom. The van der Waals surface area contributed by atoms with Crippen molar-refractivity contribution in [2.45, 2.75) is 24.9 Å². The van der Waals surface area contributed by atoms with Crippen LogP contribution >= 0.6 is 0 Å². The van der Waals surface area contributed by atoms with Crippen molar-refractivity contribution in [2.24, 2.45) is 0 Å². The minimum atomic E-state index is -4.64. The summed E-state index contributed by atoms with van der Waals surface area (Å²) >= 11 is 0. The number of hydrogen-bond donors (Lipinski definition) is 0. The van der Waals surface area contributed by atoms with Gasteiger partial charge in [0.15, 0.2) is 9.84 Å². The molecule has 0 amide bonds. The number of hydrogen-bond acceptors (Lipinski definition) is 4. The first-order chi connectivity index (χ1) is 12.1. The van der Waals surface area contributed by atoms with Crippen molar-refractivity contribution in [1.29, 1.82) is 0 Å². The molecule has 2 aromatic heterocycles. The van der Waals surface area contributed by atoms with Gasteiger partial charge in [-0.2, -0.15) is 23.4 Å². The van der Waals surface area contributed by atoms with Gasteiger partial charge >= 0.3 is 6.18 Å². The molecular weight excluding hydrogens is 369 g/mol. The zero-order chi connectivity index (χ0) is 19.1. The van der Waals surface area contributed by atoms with Gasteiger partial charge in [-0.05, 0) is 31.2 Å². The van der Waals surface area contributed by atoms with Gasteiger partial charge in [-0.25, -0.2) is 17.8 Å². The number of halogens is 3. The molecule has 3 aromatic rings. The molecule has 10 heteroatoms. The summed E-state index contributed by atoms with van der Waals surface area (Å²) in [5.74, 6) is -0.326. The van der Waals surface area contributed by atoms with Crippen molar-refractivity contribution in [2.75, 3.05) is 5.75 Å². The first-order valence-corrected chi connectivity index (χ1v) is 9.29. The van der Waals surface area contributed by atoms with Gasteiger partial charge in [0.2, 0.25) is 0 Å². The molecule has 2 heterocycles. The maximum Gasteiger partial charge on any atom is 0.416 e. The van der Waals surface area contributed by atoms with Crippen LogP contribution in [0.3, 0.4) is 0 Å². The Bertz CT molecular complexity index is 1050. The summed E-state index contributed by atoms with van der Waals surface area (Å²) in [4.78, 5) is -0.416. The smallest absolute Gasteiger partial charge is 0.238 e. The lowest BCUT2D eigenvalue weighted by molar-refractivity contribution is -0.137. The van der Waals surface area contributed by atoms with Gasteiger partial charge in [-0.15, -0.1) is 0 Å². The number of sulfone groups is 1. The Kier molecular flexibility index (Phi) is 4.39. The van der Waals surface area contributed by atoms with E-state index in [4.69, 9.17) is 0 Å². The predicted octanol–water partition coefficient (Wildman–Crippen LogP) is 3.18. The van der Waals surface area contributed by atoms with Crippen LogP contribution in [0.25, 0.3) is 11.4 Å². The summed E-state index contributed by atoms with van der Waals surface area (Å²) in [6, 6.07) is 4.37. The zero-order valence-corrected chi connectivity index (χ0v) is 14.7. The third-order valence-electron chi connectivity index (χ3n) is 3.80. The monoisotopic (exact) mass is 384 g/mol. The van der Waals surface area contributed by atoms with E-state index < -0.39 is 26.5 Å². The van der Waals surface area contributed by atoms with Gasteiger partial charge in [0, 0.05) is 6.20 Å². The molecule has 0 spiro atoms. The lowest BCUT2D eigenvalue weighted by Crippen LogP contribution is -2.13. The molecule has 0 N–H and O–H groups in total. The van der Waals surface area contributed by atoms with E-state index in [1.54, 1.807) is 12.3 Å². The highest BCUT2D eigenvalue weighted by Gasteiger charge is 2.33.